The maximum atomic E-state index is 12.9. The van der Waals surface area contributed by atoms with E-state index in [2.05, 4.69) is 10.1 Å². The highest BCUT2D eigenvalue weighted by molar-refractivity contribution is 6.01. The molecule has 1 aliphatic heterocycles. The number of alkyl halides is 2. The fraction of sp³-hybridized carbons (Fsp3) is 0.316. The van der Waals surface area contributed by atoms with Crippen molar-refractivity contribution in [3.05, 3.63) is 53.6 Å². The van der Waals surface area contributed by atoms with Gasteiger partial charge < -0.3 is 19.7 Å². The molecule has 2 aromatic carbocycles. The first kappa shape index (κ1) is 18.0. The van der Waals surface area contributed by atoms with Crippen LogP contribution in [0.4, 0.5) is 14.5 Å². The molecule has 0 aliphatic carbocycles. The molecule has 3 rings (SSSR count). The molecule has 0 spiro atoms. The molecule has 0 saturated heterocycles. The summed E-state index contributed by atoms with van der Waals surface area (Å²) >= 11 is 0. The summed E-state index contributed by atoms with van der Waals surface area (Å²) in [4.78, 5) is 14.6. The highest BCUT2D eigenvalue weighted by Crippen LogP contribution is 2.37. The number of nitrogens with one attached hydrogen (secondary N) is 1. The summed E-state index contributed by atoms with van der Waals surface area (Å²) in [7, 11) is 1.38. The van der Waals surface area contributed by atoms with Crippen LogP contribution in [0.3, 0.4) is 0 Å². The Hall–Kier alpha value is -2.83. The number of carbonyl (C=O) groups excluding carboxylic acids is 1. The zero-order valence-corrected chi connectivity index (χ0v) is 14.5. The smallest absolute Gasteiger partial charge is 0.387 e. The fourth-order valence-electron chi connectivity index (χ4n) is 3.08. The third-order valence-corrected chi connectivity index (χ3v) is 4.21. The molecular formula is C19H20F2N2O3. The molecule has 1 heterocycles. The predicted molar refractivity (Wildman–Crippen MR) is 93.8 cm³/mol. The lowest BCUT2D eigenvalue weighted by Crippen LogP contribution is -2.43. The number of hydrogen-bond donors (Lipinski definition) is 1. The summed E-state index contributed by atoms with van der Waals surface area (Å²) < 4.78 is 35.1. The summed E-state index contributed by atoms with van der Waals surface area (Å²) in [6, 6.07) is 12.0. The van der Waals surface area contributed by atoms with Crippen LogP contribution in [0.15, 0.2) is 42.5 Å². The molecule has 0 fully saturated rings. The Kier molecular flexibility index (Phi) is 5.25. The van der Waals surface area contributed by atoms with Gasteiger partial charge in [-0.1, -0.05) is 25.1 Å². The van der Waals surface area contributed by atoms with E-state index in [-0.39, 0.29) is 17.4 Å². The molecule has 0 aromatic heterocycles. The molecule has 0 radical (unpaired) electrons. The molecule has 1 amide bonds. The minimum Gasteiger partial charge on any atom is -0.493 e. The van der Waals surface area contributed by atoms with E-state index in [0.29, 0.717) is 23.4 Å². The molecular weight excluding hydrogens is 342 g/mol. The Morgan fingerprint density at radius 1 is 1.19 bits per heavy atom. The third kappa shape index (κ3) is 3.42. The lowest BCUT2D eigenvalue weighted by Gasteiger charge is -2.38. The van der Waals surface area contributed by atoms with E-state index in [1.54, 1.807) is 23.1 Å². The van der Waals surface area contributed by atoms with Gasteiger partial charge in [0.2, 0.25) is 0 Å². The lowest BCUT2D eigenvalue weighted by molar-refractivity contribution is -0.0513. The van der Waals surface area contributed by atoms with Crippen molar-refractivity contribution in [3.8, 4) is 11.5 Å². The van der Waals surface area contributed by atoms with Gasteiger partial charge in [-0.05, 0) is 36.2 Å². The van der Waals surface area contributed by atoms with Crippen molar-refractivity contribution in [2.75, 3.05) is 19.0 Å². The summed E-state index contributed by atoms with van der Waals surface area (Å²) in [5, 5.41) is 3.32. The van der Waals surface area contributed by atoms with Crippen LogP contribution in [0.2, 0.25) is 0 Å². The second-order valence-electron chi connectivity index (χ2n) is 5.88. The first-order chi connectivity index (χ1) is 12.5. The molecule has 5 nitrogen and oxygen atoms in total. The Bertz CT molecular complexity index is 798. The highest BCUT2D eigenvalue weighted by atomic mass is 19.3. The van der Waals surface area contributed by atoms with Gasteiger partial charge in [-0.25, -0.2) is 0 Å². The average Bonchev–Trinajstić information content (AvgIpc) is 2.63. The average molecular weight is 362 g/mol. The first-order valence-corrected chi connectivity index (χ1v) is 8.34. The van der Waals surface area contributed by atoms with Gasteiger partial charge in [0, 0.05) is 12.2 Å². The van der Waals surface area contributed by atoms with Gasteiger partial charge in [0.05, 0.1) is 12.7 Å². The quantitative estimate of drug-likeness (QED) is 0.834. The molecule has 1 aliphatic rings. The Balaban J connectivity index is 2.02. The van der Waals surface area contributed by atoms with Crippen molar-refractivity contribution in [1.29, 1.82) is 0 Å². The standard InChI is InChI=1S/C19H20F2N2O3/c1-3-10-23-17(22-14-7-5-4-6-13(14)18(23)24)12-8-9-15(25-2)16(11-12)26-19(20)21/h4-9,11,17,19,22H,3,10H2,1-2H3/t17-/m1/s1. The van der Waals surface area contributed by atoms with Crippen LogP contribution in [0, 0.1) is 0 Å². The van der Waals surface area contributed by atoms with Gasteiger partial charge >= 0.3 is 6.61 Å². The van der Waals surface area contributed by atoms with E-state index in [0.717, 1.165) is 6.42 Å². The van der Waals surface area contributed by atoms with Crippen molar-refractivity contribution in [2.45, 2.75) is 26.1 Å². The number of fused-ring (bicyclic) bond motifs is 1. The number of anilines is 1. The molecule has 0 bridgehead atoms. The van der Waals surface area contributed by atoms with E-state index < -0.39 is 12.8 Å². The number of benzene rings is 2. The highest BCUT2D eigenvalue weighted by Gasteiger charge is 2.32. The summed E-state index contributed by atoms with van der Waals surface area (Å²) in [5.41, 5.74) is 1.94. The number of ether oxygens (including phenoxy) is 2. The van der Waals surface area contributed by atoms with Crippen LogP contribution in [0.5, 0.6) is 11.5 Å². The van der Waals surface area contributed by atoms with Crippen LogP contribution in [0.25, 0.3) is 0 Å². The van der Waals surface area contributed by atoms with Crippen molar-refractivity contribution in [2.24, 2.45) is 0 Å². The molecule has 2 aromatic rings. The Morgan fingerprint density at radius 2 is 1.96 bits per heavy atom. The van der Waals surface area contributed by atoms with Gasteiger partial charge in [-0.15, -0.1) is 0 Å². The predicted octanol–water partition coefficient (Wildman–Crippen LogP) is 4.27. The minimum atomic E-state index is -2.97. The number of halogens is 2. The minimum absolute atomic E-state index is 0.0652. The van der Waals surface area contributed by atoms with Crippen LogP contribution < -0.4 is 14.8 Å². The van der Waals surface area contributed by atoms with E-state index in [1.165, 1.54) is 13.2 Å². The topological polar surface area (TPSA) is 50.8 Å². The van der Waals surface area contributed by atoms with Gasteiger partial charge in [0.15, 0.2) is 11.5 Å². The summed E-state index contributed by atoms with van der Waals surface area (Å²) in [6.45, 7) is -0.459. The van der Waals surface area contributed by atoms with E-state index in [4.69, 9.17) is 4.74 Å². The zero-order valence-electron chi connectivity index (χ0n) is 14.5. The van der Waals surface area contributed by atoms with Crippen LogP contribution in [-0.4, -0.2) is 31.1 Å². The number of carbonyl (C=O) groups is 1. The number of rotatable bonds is 6. The second kappa shape index (κ2) is 7.59. The van der Waals surface area contributed by atoms with Crippen molar-refractivity contribution in [1.82, 2.24) is 4.90 Å². The number of amides is 1. The zero-order chi connectivity index (χ0) is 18.7. The molecule has 138 valence electrons. The monoisotopic (exact) mass is 362 g/mol. The third-order valence-electron chi connectivity index (χ3n) is 4.21. The molecule has 1 N–H and O–H groups in total. The van der Waals surface area contributed by atoms with E-state index >= 15 is 0 Å². The van der Waals surface area contributed by atoms with Gasteiger partial charge in [-0.3, -0.25) is 4.79 Å². The van der Waals surface area contributed by atoms with Crippen molar-refractivity contribution in [3.63, 3.8) is 0 Å². The van der Waals surface area contributed by atoms with Crippen LogP contribution >= 0.6 is 0 Å². The summed E-state index contributed by atoms with van der Waals surface area (Å²) in [6.07, 6.45) is 0.283. The maximum absolute atomic E-state index is 12.9. The van der Waals surface area contributed by atoms with Gasteiger partial charge in [-0.2, -0.15) is 8.78 Å². The molecule has 26 heavy (non-hydrogen) atoms. The van der Waals surface area contributed by atoms with Gasteiger partial charge in [0.25, 0.3) is 5.91 Å². The largest absolute Gasteiger partial charge is 0.493 e. The molecule has 0 saturated carbocycles. The Labute approximate surface area is 150 Å². The van der Waals surface area contributed by atoms with Crippen LogP contribution in [-0.2, 0) is 0 Å². The number of methoxy groups -OCH3 is 1. The molecule has 0 unspecified atom stereocenters. The molecule has 7 heteroatoms. The maximum Gasteiger partial charge on any atom is 0.387 e. The fourth-order valence-corrected chi connectivity index (χ4v) is 3.08. The SMILES string of the molecule is CCCN1C(=O)c2ccccc2N[C@H]1c1ccc(OC)c(OC(F)F)c1. The first-order valence-electron chi connectivity index (χ1n) is 8.34. The van der Waals surface area contributed by atoms with Crippen molar-refractivity contribution >= 4 is 11.6 Å². The van der Waals surface area contributed by atoms with E-state index in [9.17, 15) is 13.6 Å². The lowest BCUT2D eigenvalue weighted by atomic mass is 10.0. The number of hydrogen-bond acceptors (Lipinski definition) is 4. The van der Waals surface area contributed by atoms with E-state index in [1.807, 2.05) is 25.1 Å². The van der Waals surface area contributed by atoms with Crippen LogP contribution in [0.1, 0.15) is 35.4 Å². The Morgan fingerprint density at radius 3 is 2.65 bits per heavy atom. The summed E-state index contributed by atoms with van der Waals surface area (Å²) in [5.74, 6) is 0.0431. The van der Waals surface area contributed by atoms with Crippen molar-refractivity contribution < 1.29 is 23.0 Å². The number of nitrogens with zero attached hydrogens (tertiary/aromatic N) is 1. The number of para-hydroxylation sites is 1. The second-order valence-corrected chi connectivity index (χ2v) is 5.88. The normalized spacial score (nSPS) is 16.3. The molecule has 1 atom stereocenters. The van der Waals surface area contributed by atoms with Gasteiger partial charge in [0.1, 0.15) is 6.17 Å².